The van der Waals surface area contributed by atoms with Crippen molar-refractivity contribution in [2.45, 2.75) is 329 Å². The summed E-state index contributed by atoms with van der Waals surface area (Å²) >= 11 is 0. The lowest BCUT2D eigenvalue weighted by Gasteiger charge is -2.18. The van der Waals surface area contributed by atoms with Gasteiger partial charge in [0.25, 0.3) is 0 Å². The number of carbonyl (C=O) groups is 3. The molecule has 0 aromatic rings. The van der Waals surface area contributed by atoms with E-state index in [2.05, 4.69) is 32.9 Å². The second kappa shape index (κ2) is 53.8. The molecule has 0 fully saturated rings. The number of ether oxygens (including phenoxy) is 3. The molecule has 0 aromatic carbocycles. The van der Waals surface area contributed by atoms with Gasteiger partial charge in [0.05, 0.1) is 0 Å². The number of hydrogen-bond donors (Lipinski definition) is 0. The van der Waals surface area contributed by atoms with E-state index in [0.717, 1.165) is 64.2 Å². The monoisotopic (exact) mass is 903 g/mol. The molecule has 1 atom stereocenters. The smallest absolute Gasteiger partial charge is 0.306 e. The van der Waals surface area contributed by atoms with Crippen LogP contribution in [0.1, 0.15) is 323 Å². The van der Waals surface area contributed by atoms with E-state index in [1.54, 1.807) is 0 Å². The minimum Gasteiger partial charge on any atom is -0.462 e. The fraction of sp³-hybridized carbons (Fsp3) is 0.914. The zero-order chi connectivity index (χ0) is 46.5. The average molecular weight is 904 g/mol. The van der Waals surface area contributed by atoms with Crippen LogP contribution < -0.4 is 0 Å². The van der Waals surface area contributed by atoms with E-state index in [-0.39, 0.29) is 31.1 Å². The highest BCUT2D eigenvalue weighted by Crippen LogP contribution is 2.17. The van der Waals surface area contributed by atoms with Crippen LogP contribution in [0.4, 0.5) is 0 Å². The summed E-state index contributed by atoms with van der Waals surface area (Å²) in [6.45, 7) is 6.67. The lowest BCUT2D eigenvalue weighted by molar-refractivity contribution is -0.167. The number of allylic oxidation sites excluding steroid dienone is 2. The van der Waals surface area contributed by atoms with E-state index in [0.29, 0.717) is 19.3 Å². The summed E-state index contributed by atoms with van der Waals surface area (Å²) < 4.78 is 16.8. The average Bonchev–Trinajstić information content (AvgIpc) is 3.29. The molecule has 1 unspecified atom stereocenters. The van der Waals surface area contributed by atoms with Gasteiger partial charge in [-0.1, -0.05) is 270 Å². The minimum atomic E-state index is -0.768. The van der Waals surface area contributed by atoms with Gasteiger partial charge in [-0.15, -0.1) is 0 Å². The van der Waals surface area contributed by atoms with Gasteiger partial charge in [0.15, 0.2) is 6.10 Å². The third-order valence-corrected chi connectivity index (χ3v) is 13.0. The fourth-order valence-corrected chi connectivity index (χ4v) is 8.68. The van der Waals surface area contributed by atoms with Gasteiger partial charge >= 0.3 is 17.9 Å². The molecule has 378 valence electrons. The van der Waals surface area contributed by atoms with Gasteiger partial charge in [0, 0.05) is 19.3 Å². The third-order valence-electron chi connectivity index (χ3n) is 13.0. The quantitative estimate of drug-likeness (QED) is 0.0262. The molecule has 0 N–H and O–H groups in total. The predicted molar refractivity (Wildman–Crippen MR) is 275 cm³/mol. The maximum Gasteiger partial charge on any atom is 0.306 e. The topological polar surface area (TPSA) is 78.9 Å². The second-order valence-electron chi connectivity index (χ2n) is 19.6. The largest absolute Gasteiger partial charge is 0.462 e. The van der Waals surface area contributed by atoms with Crippen LogP contribution >= 0.6 is 0 Å². The molecule has 0 aromatic heterocycles. The molecule has 0 aliphatic heterocycles. The number of rotatable bonds is 53. The Bertz CT molecular complexity index is 993. The van der Waals surface area contributed by atoms with Crippen LogP contribution in [0.3, 0.4) is 0 Å². The van der Waals surface area contributed by atoms with Crippen molar-refractivity contribution in [3.8, 4) is 0 Å². The highest BCUT2D eigenvalue weighted by Gasteiger charge is 2.19. The SMILES string of the molecule is CCCCCCCC/C=C\CCCCCCCC(=O)OC(COC(=O)CCCCCCCCCCCCC)COC(=O)CCCCCCCCCCCCCCCCCCCCCC. The molecule has 0 aliphatic carbocycles. The fourth-order valence-electron chi connectivity index (χ4n) is 8.68. The maximum absolute atomic E-state index is 12.8. The molecule has 0 rings (SSSR count). The number of hydrogen-bond acceptors (Lipinski definition) is 6. The zero-order valence-corrected chi connectivity index (χ0v) is 43.3. The van der Waals surface area contributed by atoms with E-state index >= 15 is 0 Å². The summed E-state index contributed by atoms with van der Waals surface area (Å²) in [7, 11) is 0. The highest BCUT2D eigenvalue weighted by atomic mass is 16.6. The van der Waals surface area contributed by atoms with Crippen molar-refractivity contribution in [3.63, 3.8) is 0 Å². The van der Waals surface area contributed by atoms with E-state index in [9.17, 15) is 14.4 Å². The number of carbonyl (C=O) groups excluding carboxylic acids is 3. The van der Waals surface area contributed by atoms with Crippen LogP contribution in [0.15, 0.2) is 12.2 Å². The molecule has 0 radical (unpaired) electrons. The van der Waals surface area contributed by atoms with Gasteiger partial charge in [-0.05, 0) is 44.9 Å². The molecule has 0 amide bonds. The molecule has 0 bridgehead atoms. The van der Waals surface area contributed by atoms with Gasteiger partial charge in [0.2, 0.25) is 0 Å². The van der Waals surface area contributed by atoms with Crippen molar-refractivity contribution < 1.29 is 28.6 Å². The van der Waals surface area contributed by atoms with Crippen molar-refractivity contribution in [1.82, 2.24) is 0 Å². The van der Waals surface area contributed by atoms with Gasteiger partial charge in [-0.25, -0.2) is 0 Å². The maximum atomic E-state index is 12.8. The first-order valence-electron chi connectivity index (χ1n) is 28.7. The number of unbranched alkanes of at least 4 members (excludes halogenated alkanes) is 40. The van der Waals surface area contributed by atoms with Crippen molar-refractivity contribution >= 4 is 17.9 Å². The van der Waals surface area contributed by atoms with Crippen LogP contribution in [-0.2, 0) is 28.6 Å². The molecule has 6 heteroatoms. The van der Waals surface area contributed by atoms with E-state index in [4.69, 9.17) is 14.2 Å². The van der Waals surface area contributed by atoms with Gasteiger partial charge in [-0.2, -0.15) is 0 Å². The lowest BCUT2D eigenvalue weighted by Crippen LogP contribution is -2.30. The van der Waals surface area contributed by atoms with Crippen LogP contribution in [0.5, 0.6) is 0 Å². The first-order valence-corrected chi connectivity index (χ1v) is 28.7. The summed E-state index contributed by atoms with van der Waals surface area (Å²) in [5, 5.41) is 0. The summed E-state index contributed by atoms with van der Waals surface area (Å²) in [6, 6.07) is 0. The number of esters is 3. The molecule has 0 spiro atoms. The summed E-state index contributed by atoms with van der Waals surface area (Å²) in [6.07, 6.45) is 60.6. The van der Waals surface area contributed by atoms with Crippen LogP contribution in [0.2, 0.25) is 0 Å². The van der Waals surface area contributed by atoms with Gasteiger partial charge < -0.3 is 14.2 Å². The van der Waals surface area contributed by atoms with E-state index in [1.807, 2.05) is 0 Å². The molecule has 0 heterocycles. The standard InChI is InChI=1S/C58H110O6/c1-4-7-10-13-16-19-22-24-26-27-28-29-30-32-33-36-39-42-45-48-51-57(60)63-54-55(53-62-56(59)50-47-44-41-38-35-21-18-15-12-9-6-3)64-58(61)52-49-46-43-40-37-34-31-25-23-20-17-14-11-8-5-2/h25,31,55H,4-24,26-30,32-54H2,1-3H3/b31-25-. The van der Waals surface area contributed by atoms with Crippen molar-refractivity contribution in [1.29, 1.82) is 0 Å². The molecular weight excluding hydrogens is 793 g/mol. The third kappa shape index (κ3) is 51.1. The Hall–Kier alpha value is -1.85. The molecule has 0 saturated heterocycles. The van der Waals surface area contributed by atoms with Crippen LogP contribution in [0.25, 0.3) is 0 Å². The van der Waals surface area contributed by atoms with Crippen LogP contribution in [-0.4, -0.2) is 37.2 Å². The van der Waals surface area contributed by atoms with Crippen molar-refractivity contribution in [3.05, 3.63) is 12.2 Å². The second-order valence-corrected chi connectivity index (χ2v) is 19.6. The highest BCUT2D eigenvalue weighted by molar-refractivity contribution is 5.71. The Balaban J connectivity index is 4.25. The molecule has 64 heavy (non-hydrogen) atoms. The first-order chi connectivity index (χ1) is 31.5. The molecule has 6 nitrogen and oxygen atoms in total. The lowest BCUT2D eigenvalue weighted by atomic mass is 10.0. The van der Waals surface area contributed by atoms with E-state index in [1.165, 1.54) is 218 Å². The predicted octanol–water partition coefficient (Wildman–Crippen LogP) is 18.9. The Labute approximate surface area is 399 Å². The first kappa shape index (κ1) is 62.1. The summed E-state index contributed by atoms with van der Waals surface area (Å²) in [5.41, 5.74) is 0. The Morgan fingerprint density at radius 1 is 0.297 bits per heavy atom. The van der Waals surface area contributed by atoms with Crippen molar-refractivity contribution in [2.75, 3.05) is 13.2 Å². The minimum absolute atomic E-state index is 0.0676. The van der Waals surface area contributed by atoms with Gasteiger partial charge in [-0.3, -0.25) is 14.4 Å². The Morgan fingerprint density at radius 2 is 0.516 bits per heavy atom. The zero-order valence-electron chi connectivity index (χ0n) is 43.3. The molecule has 0 aliphatic rings. The van der Waals surface area contributed by atoms with Crippen LogP contribution in [0, 0.1) is 0 Å². The normalized spacial score (nSPS) is 12.0. The van der Waals surface area contributed by atoms with E-state index < -0.39 is 6.10 Å². The van der Waals surface area contributed by atoms with Gasteiger partial charge in [0.1, 0.15) is 13.2 Å². The van der Waals surface area contributed by atoms with Crippen molar-refractivity contribution in [2.24, 2.45) is 0 Å². The molecule has 0 saturated carbocycles. The Kier molecular flexibility index (Phi) is 52.2. The Morgan fingerprint density at radius 3 is 0.781 bits per heavy atom. The summed E-state index contributed by atoms with van der Waals surface area (Å²) in [5.74, 6) is -0.855. The molecular formula is C58H110O6. The summed E-state index contributed by atoms with van der Waals surface area (Å²) in [4.78, 5) is 38.1.